The molecule has 0 fully saturated rings. The topological polar surface area (TPSA) is 76.3 Å². The molecule has 156 valence electrons. The van der Waals surface area contributed by atoms with Crippen molar-refractivity contribution in [2.24, 2.45) is 0 Å². The van der Waals surface area contributed by atoms with Crippen LogP contribution >= 0.6 is 22.9 Å². The van der Waals surface area contributed by atoms with Gasteiger partial charge in [-0.1, -0.05) is 53.3 Å². The normalized spacial score (nSPS) is 10.9. The fourth-order valence-electron chi connectivity index (χ4n) is 2.99. The van der Waals surface area contributed by atoms with E-state index in [2.05, 4.69) is 4.98 Å². The molecule has 0 atom stereocenters. The fourth-order valence-corrected chi connectivity index (χ4v) is 4.19. The molecule has 4 rings (SSSR count). The first-order chi connectivity index (χ1) is 14.8. The molecule has 0 saturated heterocycles. The maximum Gasteiger partial charge on any atom is 0.270 e. The number of aromatic nitrogens is 1. The van der Waals surface area contributed by atoms with Crippen molar-refractivity contribution in [2.75, 3.05) is 4.90 Å². The molecule has 0 unspecified atom stereocenters. The summed E-state index contributed by atoms with van der Waals surface area (Å²) in [6.45, 7) is 0.0443. The largest absolute Gasteiger partial charge is 0.279 e. The van der Waals surface area contributed by atoms with Crippen LogP contribution in [-0.2, 0) is 6.54 Å². The highest BCUT2D eigenvalue weighted by Crippen LogP contribution is 2.34. The molecule has 0 aliphatic heterocycles. The Balaban J connectivity index is 1.84. The van der Waals surface area contributed by atoms with Crippen molar-refractivity contribution in [3.8, 4) is 0 Å². The van der Waals surface area contributed by atoms with E-state index >= 15 is 0 Å². The van der Waals surface area contributed by atoms with E-state index in [0.29, 0.717) is 6.07 Å². The third kappa shape index (κ3) is 4.23. The summed E-state index contributed by atoms with van der Waals surface area (Å²) in [5.74, 6) is -2.27. The molecule has 0 saturated carbocycles. The average molecular weight is 460 g/mol. The smallest absolute Gasteiger partial charge is 0.270 e. The van der Waals surface area contributed by atoms with E-state index in [9.17, 15) is 23.7 Å². The van der Waals surface area contributed by atoms with Gasteiger partial charge in [-0.3, -0.25) is 19.8 Å². The lowest BCUT2D eigenvalue weighted by Gasteiger charge is -2.20. The second-order valence-electron chi connectivity index (χ2n) is 6.53. The number of nitro groups is 1. The molecule has 0 aliphatic rings. The Bertz CT molecular complexity index is 1310. The van der Waals surface area contributed by atoms with Gasteiger partial charge in [0, 0.05) is 18.2 Å². The molecule has 1 amide bonds. The first-order valence-electron chi connectivity index (χ1n) is 8.89. The van der Waals surface area contributed by atoms with E-state index in [-0.39, 0.29) is 38.2 Å². The van der Waals surface area contributed by atoms with Gasteiger partial charge >= 0.3 is 0 Å². The molecule has 1 aromatic heterocycles. The Morgan fingerprint density at radius 1 is 1.13 bits per heavy atom. The van der Waals surface area contributed by atoms with Gasteiger partial charge in [-0.05, 0) is 17.7 Å². The van der Waals surface area contributed by atoms with Crippen LogP contribution in [-0.4, -0.2) is 15.8 Å². The average Bonchev–Trinajstić information content (AvgIpc) is 3.16. The van der Waals surface area contributed by atoms with Crippen molar-refractivity contribution in [2.45, 2.75) is 6.54 Å². The van der Waals surface area contributed by atoms with E-state index in [1.54, 1.807) is 24.3 Å². The van der Waals surface area contributed by atoms with Crippen LogP contribution in [0.3, 0.4) is 0 Å². The molecule has 0 spiro atoms. The van der Waals surface area contributed by atoms with Gasteiger partial charge in [0.2, 0.25) is 0 Å². The third-order valence-electron chi connectivity index (χ3n) is 4.45. The molecule has 10 heteroatoms. The van der Waals surface area contributed by atoms with E-state index in [4.69, 9.17) is 11.6 Å². The molecule has 0 bridgehead atoms. The number of benzene rings is 3. The summed E-state index contributed by atoms with van der Waals surface area (Å²) in [5, 5.41) is 11.3. The Labute approximate surface area is 183 Å². The predicted molar refractivity (Wildman–Crippen MR) is 115 cm³/mol. The summed E-state index contributed by atoms with van der Waals surface area (Å²) in [4.78, 5) is 29.3. The second kappa shape index (κ2) is 8.37. The Hall–Kier alpha value is -3.43. The number of thiazole rings is 1. The van der Waals surface area contributed by atoms with Gasteiger partial charge < -0.3 is 0 Å². The van der Waals surface area contributed by atoms with Crippen molar-refractivity contribution in [3.63, 3.8) is 0 Å². The summed E-state index contributed by atoms with van der Waals surface area (Å²) < 4.78 is 28.0. The minimum absolute atomic E-state index is 0.0204. The van der Waals surface area contributed by atoms with Gasteiger partial charge in [-0.25, -0.2) is 13.8 Å². The fraction of sp³-hybridized carbons (Fsp3) is 0.0476. The van der Waals surface area contributed by atoms with Gasteiger partial charge in [-0.2, -0.15) is 0 Å². The van der Waals surface area contributed by atoms with Crippen molar-refractivity contribution >= 4 is 49.9 Å². The highest BCUT2D eigenvalue weighted by Gasteiger charge is 2.26. The van der Waals surface area contributed by atoms with E-state index in [1.807, 2.05) is 6.07 Å². The number of nitrogens with zero attached hydrogens (tertiary/aromatic N) is 3. The third-order valence-corrected chi connectivity index (χ3v) is 5.81. The zero-order valence-electron chi connectivity index (χ0n) is 15.6. The van der Waals surface area contributed by atoms with Crippen molar-refractivity contribution in [1.29, 1.82) is 0 Å². The van der Waals surface area contributed by atoms with Gasteiger partial charge in [0.1, 0.15) is 11.3 Å². The lowest BCUT2D eigenvalue weighted by atomic mass is 10.1. The highest BCUT2D eigenvalue weighted by atomic mass is 35.5. The number of carbonyl (C=O) groups excluding carboxylic acids is 1. The number of carbonyl (C=O) groups is 1. The van der Waals surface area contributed by atoms with Crippen molar-refractivity contribution < 1.29 is 18.5 Å². The number of halogens is 3. The first kappa shape index (κ1) is 20.8. The number of rotatable bonds is 5. The molecule has 31 heavy (non-hydrogen) atoms. The van der Waals surface area contributed by atoms with Crippen LogP contribution in [0.25, 0.3) is 10.2 Å². The van der Waals surface area contributed by atoms with Gasteiger partial charge in [0.05, 0.1) is 26.8 Å². The maximum absolute atomic E-state index is 14.2. The lowest BCUT2D eigenvalue weighted by Crippen LogP contribution is -2.30. The number of hydrogen-bond acceptors (Lipinski definition) is 5. The van der Waals surface area contributed by atoms with Crippen LogP contribution in [0, 0.1) is 21.7 Å². The Morgan fingerprint density at radius 3 is 2.58 bits per heavy atom. The molecule has 0 radical (unpaired) electrons. The molecule has 0 aliphatic carbocycles. The van der Waals surface area contributed by atoms with Crippen LogP contribution < -0.4 is 4.90 Å². The van der Waals surface area contributed by atoms with Crippen LogP contribution in [0.2, 0.25) is 5.02 Å². The van der Waals surface area contributed by atoms with Crippen LogP contribution in [0.1, 0.15) is 15.9 Å². The summed E-state index contributed by atoms with van der Waals surface area (Å²) in [5.41, 5.74) is 0.267. The SMILES string of the molecule is O=C(c1cc([N+](=O)[O-])ccc1Cl)N(Cc1ccccc1)c1nc2c(F)cc(F)cc2s1. The quantitative estimate of drug-likeness (QED) is 0.271. The van der Waals surface area contributed by atoms with Gasteiger partial charge in [0.25, 0.3) is 11.6 Å². The molecule has 0 N–H and O–H groups in total. The second-order valence-corrected chi connectivity index (χ2v) is 7.95. The highest BCUT2D eigenvalue weighted by molar-refractivity contribution is 7.22. The molecule has 6 nitrogen and oxygen atoms in total. The predicted octanol–water partition coefficient (Wildman–Crippen LogP) is 5.98. The monoisotopic (exact) mass is 459 g/mol. The molecular formula is C21H12ClF2N3O3S. The van der Waals surface area contributed by atoms with Crippen LogP contribution in [0.4, 0.5) is 19.6 Å². The van der Waals surface area contributed by atoms with E-state index in [0.717, 1.165) is 29.0 Å². The van der Waals surface area contributed by atoms with E-state index in [1.165, 1.54) is 17.0 Å². The zero-order valence-corrected chi connectivity index (χ0v) is 17.2. The summed E-state index contributed by atoms with van der Waals surface area (Å²) in [6.07, 6.45) is 0. The van der Waals surface area contributed by atoms with Gasteiger partial charge in [-0.15, -0.1) is 0 Å². The molecule has 4 aromatic rings. The van der Waals surface area contributed by atoms with Crippen molar-refractivity contribution in [1.82, 2.24) is 4.98 Å². The number of hydrogen-bond donors (Lipinski definition) is 0. The maximum atomic E-state index is 14.2. The standard InChI is InChI=1S/C21H12ClF2N3O3S/c22-16-7-6-14(27(29)30)10-15(16)20(28)26(11-12-4-2-1-3-5-12)21-25-19-17(24)8-13(23)9-18(19)31-21/h1-10H,11H2. The molecule has 3 aromatic carbocycles. The zero-order chi connectivity index (χ0) is 22.1. The number of non-ortho nitro benzene ring substituents is 1. The van der Waals surface area contributed by atoms with Crippen LogP contribution in [0.15, 0.2) is 60.7 Å². The number of amides is 1. The van der Waals surface area contributed by atoms with Gasteiger partial charge in [0.15, 0.2) is 10.9 Å². The minimum atomic E-state index is -0.849. The number of nitro benzene ring substituents is 1. The molecular weight excluding hydrogens is 448 g/mol. The summed E-state index contributed by atoms with van der Waals surface area (Å²) in [7, 11) is 0. The minimum Gasteiger partial charge on any atom is -0.279 e. The first-order valence-corrected chi connectivity index (χ1v) is 10.1. The van der Waals surface area contributed by atoms with Crippen molar-refractivity contribution in [3.05, 3.63) is 98.6 Å². The van der Waals surface area contributed by atoms with E-state index < -0.39 is 22.5 Å². The Morgan fingerprint density at radius 2 is 1.87 bits per heavy atom. The summed E-state index contributed by atoms with van der Waals surface area (Å²) in [6, 6.07) is 14.3. The summed E-state index contributed by atoms with van der Waals surface area (Å²) >= 11 is 7.09. The lowest BCUT2D eigenvalue weighted by molar-refractivity contribution is -0.384. The number of fused-ring (bicyclic) bond motifs is 1. The number of anilines is 1. The van der Waals surface area contributed by atoms with Crippen LogP contribution in [0.5, 0.6) is 0 Å². The molecule has 1 heterocycles. The Kier molecular flexibility index (Phi) is 5.62.